The summed E-state index contributed by atoms with van der Waals surface area (Å²) in [5, 5.41) is 36.6. The van der Waals surface area contributed by atoms with Crippen LogP contribution in [0.3, 0.4) is 0 Å². The highest BCUT2D eigenvalue weighted by atomic mass is 32.1. The molecule has 0 radical (unpaired) electrons. The zero-order valence-electron chi connectivity index (χ0n) is 26.0. The first-order valence-corrected chi connectivity index (χ1v) is 14.4. The van der Waals surface area contributed by atoms with Crippen LogP contribution in [0.4, 0.5) is 14.7 Å². The van der Waals surface area contributed by atoms with Gasteiger partial charge >= 0.3 is 18.2 Å². The van der Waals surface area contributed by atoms with Crippen LogP contribution in [0, 0.1) is 0 Å². The number of anilines is 1. The lowest BCUT2D eigenvalue weighted by molar-refractivity contribution is -0.161. The average molecular weight is 653 g/mol. The second-order valence-corrected chi connectivity index (χ2v) is 13.1. The van der Waals surface area contributed by atoms with Gasteiger partial charge in [-0.25, -0.2) is 19.4 Å². The molecular formula is C25H36N10O9S. The number of tetrazole rings is 1. The van der Waals surface area contributed by atoms with E-state index in [0.717, 1.165) is 11.3 Å². The van der Waals surface area contributed by atoms with Crippen LogP contribution >= 0.6 is 11.3 Å². The molecule has 3 heterocycles. The van der Waals surface area contributed by atoms with Gasteiger partial charge in [0.25, 0.3) is 5.91 Å². The first-order valence-electron chi connectivity index (χ1n) is 13.5. The fraction of sp³-hybridized carbons (Fsp3) is 0.600. The first kappa shape index (κ1) is 34.6. The summed E-state index contributed by atoms with van der Waals surface area (Å²) in [4.78, 5) is 71.8. The summed E-state index contributed by atoms with van der Waals surface area (Å²) < 4.78 is 10.4. The number of carboxylic acid groups (broad SMARTS) is 1. The smallest absolute Gasteiger partial charge is 0.413 e. The number of nitrogens with one attached hydrogen (secondary N) is 4. The molecule has 1 aliphatic rings. The van der Waals surface area contributed by atoms with Crippen molar-refractivity contribution in [2.24, 2.45) is 5.16 Å². The lowest BCUT2D eigenvalue weighted by Gasteiger charge is -2.36. The molecule has 0 aliphatic carbocycles. The Hall–Kier alpha value is -4.88. The summed E-state index contributed by atoms with van der Waals surface area (Å²) in [5.74, 6) is -2.60. The molecule has 1 fully saturated rings. The van der Waals surface area contributed by atoms with Gasteiger partial charge in [-0.05, 0) is 60.6 Å². The third kappa shape index (κ3) is 10.4. The SMILES string of the molecule is CC(C)(C)OC(=O)NCc1nnn(C[C@H]2NC(=O)[C@H]2NC(=O)C(=NOC(C)(C)C(=O)O)c2csc(NC(=O)OC(C)(C)C)n2)n1. The van der Waals surface area contributed by atoms with Crippen LogP contribution in [0.5, 0.6) is 0 Å². The van der Waals surface area contributed by atoms with Gasteiger partial charge in [0.1, 0.15) is 22.9 Å². The van der Waals surface area contributed by atoms with Crippen molar-refractivity contribution in [1.82, 2.24) is 41.1 Å². The number of hydrogen-bond acceptors (Lipinski definition) is 14. The molecule has 0 aromatic carbocycles. The Labute approximate surface area is 261 Å². The van der Waals surface area contributed by atoms with Gasteiger partial charge in [0.2, 0.25) is 11.5 Å². The Balaban J connectivity index is 1.70. The third-order valence-corrected chi connectivity index (χ3v) is 6.15. The maximum absolute atomic E-state index is 13.3. The van der Waals surface area contributed by atoms with Gasteiger partial charge in [0.05, 0.1) is 19.1 Å². The molecule has 1 saturated heterocycles. The molecule has 5 N–H and O–H groups in total. The molecule has 1 aliphatic heterocycles. The van der Waals surface area contributed by atoms with Gasteiger partial charge < -0.3 is 35.4 Å². The summed E-state index contributed by atoms with van der Waals surface area (Å²) in [6.45, 7) is 12.6. The number of alkyl carbamates (subject to hydrolysis) is 1. The molecule has 246 valence electrons. The van der Waals surface area contributed by atoms with E-state index in [0.29, 0.717) is 0 Å². The van der Waals surface area contributed by atoms with Gasteiger partial charge in [-0.1, -0.05) is 5.16 Å². The summed E-state index contributed by atoms with van der Waals surface area (Å²) in [5.41, 5.74) is -3.79. The topological polar surface area (TPSA) is 250 Å². The molecule has 3 rings (SSSR count). The van der Waals surface area contributed by atoms with Crippen molar-refractivity contribution in [3.63, 3.8) is 0 Å². The van der Waals surface area contributed by atoms with E-state index in [4.69, 9.17) is 14.3 Å². The summed E-state index contributed by atoms with van der Waals surface area (Å²) >= 11 is 0.945. The van der Waals surface area contributed by atoms with E-state index in [9.17, 15) is 29.1 Å². The zero-order valence-corrected chi connectivity index (χ0v) is 26.8. The summed E-state index contributed by atoms with van der Waals surface area (Å²) in [6.07, 6.45) is -1.44. The molecule has 2 aromatic heterocycles. The Morgan fingerprint density at radius 2 is 1.71 bits per heavy atom. The highest BCUT2D eigenvalue weighted by molar-refractivity contribution is 7.14. The van der Waals surface area contributed by atoms with Crippen molar-refractivity contribution in [3.05, 3.63) is 16.9 Å². The molecule has 2 atom stereocenters. The number of oxime groups is 1. The van der Waals surface area contributed by atoms with E-state index in [2.05, 4.69) is 46.8 Å². The lowest BCUT2D eigenvalue weighted by Crippen LogP contribution is -2.70. The lowest BCUT2D eigenvalue weighted by atomic mass is 9.98. The Bertz CT molecular complexity index is 1470. The number of nitrogens with zero attached hydrogens (tertiary/aromatic N) is 6. The van der Waals surface area contributed by atoms with E-state index < -0.39 is 64.6 Å². The number of aromatic nitrogens is 5. The Morgan fingerprint density at radius 3 is 2.31 bits per heavy atom. The Morgan fingerprint density at radius 1 is 1.07 bits per heavy atom. The minimum atomic E-state index is -1.82. The minimum Gasteiger partial charge on any atom is -0.478 e. The van der Waals surface area contributed by atoms with Crippen molar-refractivity contribution in [2.45, 2.75) is 97.4 Å². The van der Waals surface area contributed by atoms with Crippen molar-refractivity contribution >= 4 is 52.2 Å². The molecule has 20 heteroatoms. The number of rotatable bonds is 11. The number of β-lactam (4-membered cyclic amide) rings is 1. The molecule has 4 amide bonds. The second-order valence-electron chi connectivity index (χ2n) is 12.2. The van der Waals surface area contributed by atoms with Gasteiger partial charge in [-0.15, -0.1) is 21.5 Å². The Kier molecular flexibility index (Phi) is 10.3. The van der Waals surface area contributed by atoms with Crippen LogP contribution in [0.2, 0.25) is 0 Å². The van der Waals surface area contributed by atoms with Crippen molar-refractivity contribution in [2.75, 3.05) is 5.32 Å². The van der Waals surface area contributed by atoms with Crippen LogP contribution < -0.4 is 21.3 Å². The molecular weight excluding hydrogens is 616 g/mol. The predicted molar refractivity (Wildman–Crippen MR) is 156 cm³/mol. The number of amides is 4. The second kappa shape index (κ2) is 13.4. The molecule has 45 heavy (non-hydrogen) atoms. The van der Waals surface area contributed by atoms with E-state index in [-0.39, 0.29) is 29.7 Å². The summed E-state index contributed by atoms with van der Waals surface area (Å²) in [7, 11) is 0. The fourth-order valence-electron chi connectivity index (χ4n) is 3.27. The number of carbonyl (C=O) groups is 5. The fourth-order valence-corrected chi connectivity index (χ4v) is 3.95. The quantitative estimate of drug-likeness (QED) is 0.128. The maximum Gasteiger partial charge on any atom is 0.413 e. The van der Waals surface area contributed by atoms with Gasteiger partial charge in [0, 0.05) is 5.38 Å². The van der Waals surface area contributed by atoms with Crippen LogP contribution in [0.25, 0.3) is 0 Å². The third-order valence-electron chi connectivity index (χ3n) is 5.39. The van der Waals surface area contributed by atoms with Gasteiger partial charge in [-0.3, -0.25) is 14.9 Å². The van der Waals surface area contributed by atoms with Crippen LogP contribution in [0.15, 0.2) is 10.5 Å². The highest BCUT2D eigenvalue weighted by Gasteiger charge is 2.42. The molecule has 0 spiro atoms. The molecule has 0 saturated carbocycles. The monoisotopic (exact) mass is 652 g/mol. The van der Waals surface area contributed by atoms with Crippen molar-refractivity contribution in [3.8, 4) is 0 Å². The molecule has 2 aromatic rings. The molecule has 19 nitrogen and oxygen atoms in total. The summed E-state index contributed by atoms with van der Waals surface area (Å²) in [6, 6.07) is -1.73. The van der Waals surface area contributed by atoms with Crippen molar-refractivity contribution in [1.29, 1.82) is 0 Å². The van der Waals surface area contributed by atoms with Crippen LogP contribution in [-0.4, -0.2) is 94.9 Å². The number of thiazole rings is 1. The van der Waals surface area contributed by atoms with Gasteiger partial charge in [-0.2, -0.15) is 4.80 Å². The molecule has 0 bridgehead atoms. The average Bonchev–Trinajstić information content (AvgIpc) is 3.53. The van der Waals surface area contributed by atoms with E-state index in [1.54, 1.807) is 41.5 Å². The van der Waals surface area contributed by atoms with Crippen molar-refractivity contribution < 1.29 is 43.4 Å². The highest BCUT2D eigenvalue weighted by Crippen LogP contribution is 2.20. The largest absolute Gasteiger partial charge is 0.478 e. The standard InChI is InChI=1S/C25H36N10O9S/c1-23(2,3)42-21(40)26-9-14-31-34-35(32-14)10-12-15(17(36)27-12)29-18(37)16(33-44-25(7,8)19(38)39)13-11-45-20(28-13)30-22(41)43-24(4,5)6/h11-12,15H,9-10H2,1-8H3,(H,26,40)(H,27,36)(H,29,37)(H,38,39)(H,28,30,41)/t12-,15+/m1/s1. The number of carbonyl (C=O) groups excluding carboxylic acids is 4. The van der Waals surface area contributed by atoms with E-state index in [1.165, 1.54) is 24.0 Å². The number of ether oxygens (including phenoxy) is 2. The van der Waals surface area contributed by atoms with Crippen LogP contribution in [0.1, 0.15) is 66.9 Å². The van der Waals surface area contributed by atoms with Gasteiger partial charge in [0.15, 0.2) is 16.7 Å². The number of carboxylic acids is 1. The first-order chi connectivity index (χ1) is 20.7. The molecule has 0 unspecified atom stereocenters. The zero-order chi connectivity index (χ0) is 33.7. The number of aliphatic carboxylic acids is 1. The minimum absolute atomic E-state index is 0.00576. The number of hydrogen-bond donors (Lipinski definition) is 5. The maximum atomic E-state index is 13.3. The normalized spacial score (nSPS) is 17.0. The van der Waals surface area contributed by atoms with E-state index >= 15 is 0 Å². The van der Waals surface area contributed by atoms with E-state index in [1.807, 2.05) is 0 Å². The van der Waals surface area contributed by atoms with Crippen LogP contribution in [-0.2, 0) is 41.8 Å². The predicted octanol–water partition coefficient (Wildman–Crippen LogP) is 0.769.